The normalized spacial score (nSPS) is 18.2. The van der Waals surface area contributed by atoms with Gasteiger partial charge in [0.1, 0.15) is 11.6 Å². The molecule has 0 bridgehead atoms. The predicted molar refractivity (Wildman–Crippen MR) is 113 cm³/mol. The molecule has 1 unspecified atom stereocenters. The van der Waals surface area contributed by atoms with E-state index in [4.69, 9.17) is 27.9 Å². The van der Waals surface area contributed by atoms with E-state index in [-0.39, 0.29) is 39.0 Å². The number of likely N-dealkylation sites (tertiary alicyclic amines) is 1. The molecule has 5 nitrogen and oxygen atoms in total. The van der Waals surface area contributed by atoms with E-state index in [1.165, 1.54) is 42.3 Å². The van der Waals surface area contributed by atoms with Crippen LogP contribution >= 0.6 is 23.2 Å². The first kappa shape index (κ1) is 22.1. The molecule has 1 amide bonds. The lowest BCUT2D eigenvalue weighted by Gasteiger charge is -2.25. The van der Waals surface area contributed by atoms with Crippen molar-refractivity contribution in [3.63, 3.8) is 0 Å². The lowest BCUT2D eigenvalue weighted by Crippen LogP contribution is -2.31. The highest BCUT2D eigenvalue weighted by Gasteiger charge is 2.46. The number of ketones is 1. The molecular formula is C22H20Cl2FNO4. The number of benzene rings is 2. The van der Waals surface area contributed by atoms with Crippen molar-refractivity contribution in [1.29, 1.82) is 0 Å². The first-order valence-corrected chi connectivity index (χ1v) is 10.1. The SMILES string of the molecule is CCCCN1C(=O)C(=O)/C(=C(/O)c2cc(Cl)c(OC)c(Cl)c2)C1c1ccccc1F. The van der Waals surface area contributed by atoms with Crippen molar-refractivity contribution in [2.75, 3.05) is 13.7 Å². The van der Waals surface area contributed by atoms with Crippen molar-refractivity contribution < 1.29 is 23.8 Å². The van der Waals surface area contributed by atoms with Crippen LogP contribution in [0.1, 0.15) is 36.9 Å². The third kappa shape index (κ3) is 3.89. The van der Waals surface area contributed by atoms with E-state index in [0.29, 0.717) is 6.42 Å². The van der Waals surface area contributed by atoms with Crippen LogP contribution in [0.2, 0.25) is 10.0 Å². The number of ether oxygens (including phenoxy) is 1. The van der Waals surface area contributed by atoms with E-state index in [9.17, 15) is 19.1 Å². The highest BCUT2D eigenvalue weighted by atomic mass is 35.5. The Bertz CT molecular complexity index is 1010. The second-order valence-corrected chi connectivity index (χ2v) is 7.66. The average molecular weight is 452 g/mol. The molecule has 1 saturated heterocycles. The highest BCUT2D eigenvalue weighted by molar-refractivity contribution is 6.46. The lowest BCUT2D eigenvalue weighted by atomic mass is 9.95. The minimum absolute atomic E-state index is 0.120. The van der Waals surface area contributed by atoms with Gasteiger partial charge >= 0.3 is 0 Å². The summed E-state index contributed by atoms with van der Waals surface area (Å²) in [6.07, 6.45) is 1.40. The zero-order chi connectivity index (χ0) is 22.0. The second-order valence-electron chi connectivity index (χ2n) is 6.84. The number of amides is 1. The van der Waals surface area contributed by atoms with Crippen LogP contribution in [0.25, 0.3) is 5.76 Å². The van der Waals surface area contributed by atoms with Crippen molar-refractivity contribution in [3.05, 3.63) is 69.0 Å². The Labute approximate surface area is 183 Å². The molecule has 0 saturated carbocycles. The third-order valence-corrected chi connectivity index (χ3v) is 5.53. The molecule has 0 aromatic heterocycles. The fourth-order valence-corrected chi connectivity index (χ4v) is 4.15. The fraction of sp³-hybridized carbons (Fsp3) is 0.273. The Balaban J connectivity index is 2.22. The van der Waals surface area contributed by atoms with Gasteiger partial charge in [0.05, 0.1) is 28.8 Å². The Morgan fingerprint density at radius 3 is 2.40 bits per heavy atom. The van der Waals surface area contributed by atoms with Crippen molar-refractivity contribution >= 4 is 40.7 Å². The zero-order valence-corrected chi connectivity index (χ0v) is 17.9. The van der Waals surface area contributed by atoms with E-state index in [0.717, 1.165) is 6.42 Å². The van der Waals surface area contributed by atoms with Crippen LogP contribution in [0.15, 0.2) is 42.0 Å². The van der Waals surface area contributed by atoms with Gasteiger partial charge in [-0.15, -0.1) is 0 Å². The van der Waals surface area contributed by atoms with Gasteiger partial charge in [0.15, 0.2) is 5.75 Å². The Kier molecular flexibility index (Phi) is 6.68. The molecule has 1 aliphatic heterocycles. The van der Waals surface area contributed by atoms with Crippen molar-refractivity contribution in [3.8, 4) is 5.75 Å². The first-order chi connectivity index (χ1) is 14.3. The maximum absolute atomic E-state index is 14.6. The Hall–Kier alpha value is -2.57. The van der Waals surface area contributed by atoms with Crippen LogP contribution in [0.3, 0.4) is 0 Å². The van der Waals surface area contributed by atoms with Crippen LogP contribution in [0, 0.1) is 5.82 Å². The number of methoxy groups -OCH3 is 1. The number of hydrogen-bond donors (Lipinski definition) is 1. The monoisotopic (exact) mass is 451 g/mol. The van der Waals surface area contributed by atoms with Gasteiger partial charge in [-0.2, -0.15) is 0 Å². The molecule has 1 heterocycles. The summed E-state index contributed by atoms with van der Waals surface area (Å²) < 4.78 is 19.7. The van der Waals surface area contributed by atoms with E-state index in [2.05, 4.69) is 0 Å². The zero-order valence-electron chi connectivity index (χ0n) is 16.4. The maximum Gasteiger partial charge on any atom is 0.295 e. The average Bonchev–Trinajstić information content (AvgIpc) is 2.96. The smallest absolute Gasteiger partial charge is 0.295 e. The minimum Gasteiger partial charge on any atom is -0.507 e. The summed E-state index contributed by atoms with van der Waals surface area (Å²) >= 11 is 12.3. The van der Waals surface area contributed by atoms with E-state index >= 15 is 0 Å². The number of aliphatic hydroxyl groups is 1. The maximum atomic E-state index is 14.6. The summed E-state index contributed by atoms with van der Waals surface area (Å²) in [5.41, 5.74) is 0.0409. The summed E-state index contributed by atoms with van der Waals surface area (Å²) in [4.78, 5) is 26.9. The van der Waals surface area contributed by atoms with Gasteiger partial charge in [-0.25, -0.2) is 4.39 Å². The molecule has 3 rings (SSSR count). The minimum atomic E-state index is -1.06. The lowest BCUT2D eigenvalue weighted by molar-refractivity contribution is -0.139. The molecule has 30 heavy (non-hydrogen) atoms. The summed E-state index contributed by atoms with van der Waals surface area (Å²) in [7, 11) is 1.39. The molecule has 0 radical (unpaired) electrons. The molecular weight excluding hydrogens is 432 g/mol. The largest absolute Gasteiger partial charge is 0.507 e. The van der Waals surface area contributed by atoms with Crippen LogP contribution in [0.4, 0.5) is 4.39 Å². The number of hydrogen-bond acceptors (Lipinski definition) is 4. The number of halogens is 3. The van der Waals surface area contributed by atoms with Crippen LogP contribution in [0.5, 0.6) is 5.75 Å². The first-order valence-electron chi connectivity index (χ1n) is 9.38. The fourth-order valence-electron chi connectivity index (χ4n) is 3.51. The number of aliphatic hydroxyl groups excluding tert-OH is 1. The standard InChI is InChI=1S/C22H20Cl2FNO4/c1-3-4-9-26-18(13-7-5-6-8-16(13)25)17(20(28)22(26)29)19(27)12-10-14(23)21(30-2)15(24)11-12/h5-8,10-11,18,27H,3-4,9H2,1-2H3/b19-17+. The highest BCUT2D eigenvalue weighted by Crippen LogP contribution is 2.42. The summed E-state index contributed by atoms with van der Waals surface area (Å²) in [6, 6.07) is 7.55. The molecule has 1 N–H and O–H groups in total. The number of rotatable bonds is 6. The van der Waals surface area contributed by atoms with Gasteiger partial charge in [0, 0.05) is 17.7 Å². The van der Waals surface area contributed by atoms with Gasteiger partial charge in [-0.1, -0.05) is 54.7 Å². The Morgan fingerprint density at radius 2 is 1.83 bits per heavy atom. The molecule has 1 fully saturated rings. The van der Waals surface area contributed by atoms with Crippen LogP contribution in [-0.2, 0) is 9.59 Å². The van der Waals surface area contributed by atoms with Crippen molar-refractivity contribution in [2.24, 2.45) is 0 Å². The quantitative estimate of drug-likeness (QED) is 0.364. The second kappa shape index (κ2) is 9.06. The van der Waals surface area contributed by atoms with Crippen molar-refractivity contribution in [2.45, 2.75) is 25.8 Å². The van der Waals surface area contributed by atoms with Gasteiger partial charge in [0.2, 0.25) is 0 Å². The molecule has 8 heteroatoms. The number of nitrogens with zero attached hydrogens (tertiary/aromatic N) is 1. The predicted octanol–water partition coefficient (Wildman–Crippen LogP) is 5.36. The van der Waals surface area contributed by atoms with Crippen LogP contribution < -0.4 is 4.74 Å². The molecule has 0 spiro atoms. The number of unbranched alkanes of at least 4 members (excludes halogenated alkanes) is 1. The number of carbonyl (C=O) groups excluding carboxylic acids is 2. The van der Waals surface area contributed by atoms with E-state index < -0.39 is 29.3 Å². The molecule has 2 aromatic carbocycles. The van der Waals surface area contributed by atoms with Gasteiger partial charge in [-0.05, 0) is 24.6 Å². The summed E-state index contributed by atoms with van der Waals surface area (Å²) in [5.74, 6) is -2.53. The number of Topliss-reactive ketones (excluding diaryl/α,β-unsaturated/α-hetero) is 1. The number of carbonyl (C=O) groups is 2. The van der Waals surface area contributed by atoms with Crippen LogP contribution in [-0.4, -0.2) is 35.4 Å². The molecule has 1 aliphatic rings. The molecule has 0 aliphatic carbocycles. The Morgan fingerprint density at radius 1 is 1.20 bits per heavy atom. The van der Waals surface area contributed by atoms with Gasteiger partial charge < -0.3 is 14.7 Å². The van der Waals surface area contributed by atoms with E-state index in [1.807, 2.05) is 6.92 Å². The summed E-state index contributed by atoms with van der Waals surface area (Å²) in [6.45, 7) is 2.19. The molecule has 158 valence electrons. The molecule has 1 atom stereocenters. The summed E-state index contributed by atoms with van der Waals surface area (Å²) in [5, 5.41) is 11.2. The van der Waals surface area contributed by atoms with E-state index in [1.54, 1.807) is 6.07 Å². The van der Waals surface area contributed by atoms with Crippen molar-refractivity contribution in [1.82, 2.24) is 4.90 Å². The van der Waals surface area contributed by atoms with Gasteiger partial charge in [0.25, 0.3) is 11.7 Å². The topological polar surface area (TPSA) is 66.8 Å². The third-order valence-electron chi connectivity index (χ3n) is 4.97. The van der Waals surface area contributed by atoms with Gasteiger partial charge in [-0.3, -0.25) is 9.59 Å². The molecule has 2 aromatic rings.